The molecule has 0 amide bonds. The van der Waals surface area contributed by atoms with E-state index in [2.05, 4.69) is 50.2 Å². The van der Waals surface area contributed by atoms with Crippen LogP contribution in [0.1, 0.15) is 85.8 Å². The van der Waals surface area contributed by atoms with Gasteiger partial charge in [0, 0.05) is 0 Å². The Labute approximate surface area is 169 Å². The van der Waals surface area contributed by atoms with Gasteiger partial charge >= 0.3 is 0 Å². The molecule has 2 heteroatoms. The fraction of sp³-hybridized carbons (Fsp3) is 0.462. The van der Waals surface area contributed by atoms with E-state index in [0.717, 1.165) is 24.3 Å². The van der Waals surface area contributed by atoms with Crippen molar-refractivity contribution in [3.8, 4) is 0 Å². The molecule has 0 spiro atoms. The number of benzene rings is 2. The molecule has 0 heterocycles. The van der Waals surface area contributed by atoms with Crippen LogP contribution in [0.25, 0.3) is 0 Å². The molecule has 0 saturated carbocycles. The van der Waals surface area contributed by atoms with Gasteiger partial charge < -0.3 is 0 Å². The van der Waals surface area contributed by atoms with Crippen molar-refractivity contribution in [1.82, 2.24) is 0 Å². The van der Waals surface area contributed by atoms with Crippen molar-refractivity contribution in [2.24, 2.45) is 10.2 Å². The molecule has 0 unspecified atom stereocenters. The molecule has 2 nitrogen and oxygen atoms in total. The van der Waals surface area contributed by atoms with E-state index in [1.165, 1.54) is 84.7 Å². The smallest absolute Gasteiger partial charge is 0.0700 e. The quantitative estimate of drug-likeness (QED) is 0.425. The van der Waals surface area contributed by atoms with Gasteiger partial charge in [0.25, 0.3) is 0 Å². The molecule has 28 heavy (non-hydrogen) atoms. The Hall–Kier alpha value is -2.22. The molecular weight excluding hydrogens is 340 g/mol. The third kappa shape index (κ3) is 4.11. The van der Waals surface area contributed by atoms with Gasteiger partial charge in [-0.25, -0.2) is 0 Å². The molecule has 0 bridgehead atoms. The van der Waals surface area contributed by atoms with E-state index in [-0.39, 0.29) is 0 Å². The summed E-state index contributed by atoms with van der Waals surface area (Å²) >= 11 is 0. The summed E-state index contributed by atoms with van der Waals surface area (Å²) in [5, 5.41) is 9.45. The fourth-order valence-corrected chi connectivity index (χ4v) is 4.61. The van der Waals surface area contributed by atoms with Gasteiger partial charge in [-0.05, 0) is 110 Å². The van der Waals surface area contributed by atoms with Crippen LogP contribution in [0.2, 0.25) is 0 Å². The molecule has 2 aliphatic carbocycles. The highest BCUT2D eigenvalue weighted by Gasteiger charge is 2.13. The Morgan fingerprint density at radius 2 is 1.00 bits per heavy atom. The van der Waals surface area contributed by atoms with E-state index in [1.54, 1.807) is 0 Å². The molecule has 146 valence electrons. The molecule has 4 rings (SSSR count). The van der Waals surface area contributed by atoms with Gasteiger partial charge in [0.2, 0.25) is 0 Å². The maximum absolute atomic E-state index is 4.73. The van der Waals surface area contributed by atoms with E-state index in [4.69, 9.17) is 10.2 Å². The molecule has 2 aromatic rings. The summed E-state index contributed by atoms with van der Waals surface area (Å²) in [6, 6.07) is 13.8. The molecule has 2 aromatic carbocycles. The number of hydrogen-bond donors (Lipinski definition) is 0. The summed E-state index contributed by atoms with van der Waals surface area (Å²) in [7, 11) is 0. The van der Waals surface area contributed by atoms with Gasteiger partial charge in [0.15, 0.2) is 0 Å². The lowest BCUT2D eigenvalue weighted by Crippen LogP contribution is -2.07. The first-order chi connectivity index (χ1) is 13.8. The SMILES string of the molecule is CC/C(=N\N=C(/CC)c1ccc2c(c1)CCCC2)c1ccc2c(c1)CCCC2. The molecule has 0 atom stereocenters. The minimum atomic E-state index is 0.906. The van der Waals surface area contributed by atoms with Crippen LogP contribution in [-0.4, -0.2) is 11.4 Å². The number of fused-ring (bicyclic) bond motifs is 2. The van der Waals surface area contributed by atoms with Crippen molar-refractivity contribution in [3.63, 3.8) is 0 Å². The van der Waals surface area contributed by atoms with E-state index in [1.807, 2.05) is 0 Å². The normalized spacial score (nSPS) is 17.2. The summed E-state index contributed by atoms with van der Waals surface area (Å²) in [6.07, 6.45) is 12.0. The number of nitrogens with zero attached hydrogens (tertiary/aromatic N) is 2. The maximum atomic E-state index is 4.73. The Morgan fingerprint density at radius 1 is 0.607 bits per heavy atom. The summed E-state index contributed by atoms with van der Waals surface area (Å²) < 4.78 is 0. The van der Waals surface area contributed by atoms with Crippen molar-refractivity contribution in [2.45, 2.75) is 78.1 Å². The van der Waals surface area contributed by atoms with Gasteiger partial charge in [0.1, 0.15) is 0 Å². The van der Waals surface area contributed by atoms with Crippen LogP contribution >= 0.6 is 0 Å². The van der Waals surface area contributed by atoms with Gasteiger partial charge in [-0.1, -0.05) is 38.1 Å². The van der Waals surface area contributed by atoms with Gasteiger partial charge in [0.05, 0.1) is 11.4 Å². The van der Waals surface area contributed by atoms with Crippen molar-refractivity contribution in [2.75, 3.05) is 0 Å². The largest absolute Gasteiger partial charge is 0.155 e. The standard InChI is InChI=1S/C26H32N2/c1-3-25(23-15-13-19-9-5-7-11-21(19)17-23)27-28-26(4-2)24-16-14-20-10-6-8-12-22(20)18-24/h13-18H,3-12H2,1-2H3/b27-25+,28-26+. The van der Waals surface area contributed by atoms with Crippen LogP contribution in [0.4, 0.5) is 0 Å². The molecule has 2 aliphatic rings. The van der Waals surface area contributed by atoms with E-state index in [0.29, 0.717) is 0 Å². The first kappa shape index (κ1) is 19.1. The summed E-state index contributed by atoms with van der Waals surface area (Å²) in [5.41, 5.74) is 10.8. The zero-order valence-corrected chi connectivity index (χ0v) is 17.4. The highest BCUT2D eigenvalue weighted by atomic mass is 15.2. The second-order valence-corrected chi connectivity index (χ2v) is 8.18. The van der Waals surface area contributed by atoms with Crippen molar-refractivity contribution in [3.05, 3.63) is 69.8 Å². The maximum Gasteiger partial charge on any atom is 0.0700 e. The van der Waals surface area contributed by atoms with Crippen molar-refractivity contribution >= 4 is 11.4 Å². The average molecular weight is 373 g/mol. The van der Waals surface area contributed by atoms with Gasteiger partial charge in [-0.15, -0.1) is 0 Å². The zero-order chi connectivity index (χ0) is 19.3. The lowest BCUT2D eigenvalue weighted by molar-refractivity contribution is 0.685. The van der Waals surface area contributed by atoms with E-state index in [9.17, 15) is 0 Å². The van der Waals surface area contributed by atoms with Crippen molar-refractivity contribution in [1.29, 1.82) is 0 Å². The topological polar surface area (TPSA) is 24.7 Å². The second kappa shape index (κ2) is 8.86. The third-order valence-corrected chi connectivity index (χ3v) is 6.32. The number of hydrogen-bond acceptors (Lipinski definition) is 2. The average Bonchev–Trinajstić information content (AvgIpc) is 2.76. The minimum Gasteiger partial charge on any atom is -0.155 e. The highest BCUT2D eigenvalue weighted by Crippen LogP contribution is 2.24. The van der Waals surface area contributed by atoms with Crippen LogP contribution < -0.4 is 0 Å². The summed E-state index contributed by atoms with van der Waals surface area (Å²) in [5.74, 6) is 0. The molecular formula is C26H32N2. The van der Waals surface area contributed by atoms with Crippen LogP contribution in [-0.2, 0) is 25.7 Å². The highest BCUT2D eigenvalue weighted by molar-refractivity contribution is 6.03. The van der Waals surface area contributed by atoms with Crippen LogP contribution in [0.15, 0.2) is 46.6 Å². The lowest BCUT2D eigenvalue weighted by Gasteiger charge is -2.17. The molecule has 0 radical (unpaired) electrons. The van der Waals surface area contributed by atoms with Gasteiger partial charge in [-0.3, -0.25) is 0 Å². The second-order valence-electron chi connectivity index (χ2n) is 8.18. The first-order valence-corrected chi connectivity index (χ1v) is 11.2. The van der Waals surface area contributed by atoms with E-state index < -0.39 is 0 Å². The van der Waals surface area contributed by atoms with E-state index >= 15 is 0 Å². The Kier molecular flexibility index (Phi) is 6.04. The Bertz CT molecular complexity index is 829. The molecule has 0 aliphatic heterocycles. The number of aryl methyl sites for hydroxylation is 4. The van der Waals surface area contributed by atoms with Crippen LogP contribution in [0.5, 0.6) is 0 Å². The third-order valence-electron chi connectivity index (χ3n) is 6.32. The molecule has 0 aromatic heterocycles. The van der Waals surface area contributed by atoms with Gasteiger partial charge in [-0.2, -0.15) is 10.2 Å². The Balaban J connectivity index is 1.62. The monoisotopic (exact) mass is 372 g/mol. The van der Waals surface area contributed by atoms with Crippen LogP contribution in [0.3, 0.4) is 0 Å². The first-order valence-electron chi connectivity index (χ1n) is 11.2. The zero-order valence-electron chi connectivity index (χ0n) is 17.4. The summed E-state index contributed by atoms with van der Waals surface area (Å²) in [4.78, 5) is 0. The molecule has 0 fully saturated rings. The Morgan fingerprint density at radius 3 is 1.39 bits per heavy atom. The van der Waals surface area contributed by atoms with Crippen LogP contribution in [0, 0.1) is 0 Å². The molecule has 0 N–H and O–H groups in total. The summed E-state index contributed by atoms with van der Waals surface area (Å²) in [6.45, 7) is 4.36. The predicted molar refractivity (Wildman–Crippen MR) is 120 cm³/mol. The number of rotatable bonds is 5. The lowest BCUT2D eigenvalue weighted by atomic mass is 9.89. The fourth-order valence-electron chi connectivity index (χ4n) is 4.61. The predicted octanol–water partition coefficient (Wildman–Crippen LogP) is 6.46. The molecule has 0 saturated heterocycles. The minimum absolute atomic E-state index is 0.906. The van der Waals surface area contributed by atoms with Crippen molar-refractivity contribution < 1.29 is 0 Å².